The number of nitrogens with zero attached hydrogens (tertiary/aromatic N) is 1. The second-order valence-electron chi connectivity index (χ2n) is 4.02. The maximum atomic E-state index is 10.8. The monoisotopic (exact) mass is 287 g/mol. The smallest absolute Gasteiger partial charge is 0.354 e. The molecule has 1 aromatic rings. The molecule has 106 valence electrons. The standard InChI is InChI=1S/C11H17N3O4S/c1-19(17,18)13-7-3-6-12-8-9-4-2-5-10(14-9)11(15)16/h2,4-5,12-13H,3,6-8H2,1H3,(H,15,16). The molecule has 7 nitrogen and oxygen atoms in total. The van der Waals surface area contributed by atoms with Gasteiger partial charge in [0.25, 0.3) is 0 Å². The first-order chi connectivity index (χ1) is 8.88. The summed E-state index contributed by atoms with van der Waals surface area (Å²) in [4.78, 5) is 14.7. The number of carboxylic acids is 1. The molecule has 0 aliphatic rings. The Morgan fingerprint density at radius 2 is 2.11 bits per heavy atom. The lowest BCUT2D eigenvalue weighted by Gasteiger charge is -2.05. The molecule has 19 heavy (non-hydrogen) atoms. The molecule has 0 saturated heterocycles. The molecule has 0 unspecified atom stereocenters. The second kappa shape index (κ2) is 7.17. The van der Waals surface area contributed by atoms with Gasteiger partial charge >= 0.3 is 5.97 Å². The first kappa shape index (κ1) is 15.5. The van der Waals surface area contributed by atoms with Crippen molar-refractivity contribution in [2.24, 2.45) is 0 Å². The Morgan fingerprint density at radius 1 is 1.37 bits per heavy atom. The number of aromatic carboxylic acids is 1. The van der Waals surface area contributed by atoms with Crippen LogP contribution in [0.3, 0.4) is 0 Å². The van der Waals surface area contributed by atoms with Crippen molar-refractivity contribution in [3.63, 3.8) is 0 Å². The molecule has 1 rings (SSSR count). The van der Waals surface area contributed by atoms with Gasteiger partial charge in [0.05, 0.1) is 11.9 Å². The SMILES string of the molecule is CS(=O)(=O)NCCCNCc1cccc(C(=O)O)n1. The second-order valence-corrected chi connectivity index (χ2v) is 5.85. The van der Waals surface area contributed by atoms with Crippen LogP contribution in [-0.4, -0.2) is 43.8 Å². The molecule has 8 heteroatoms. The zero-order chi connectivity index (χ0) is 14.3. The fourth-order valence-corrected chi connectivity index (χ4v) is 1.90. The minimum Gasteiger partial charge on any atom is -0.477 e. The maximum Gasteiger partial charge on any atom is 0.354 e. The van der Waals surface area contributed by atoms with Crippen LogP contribution in [0.2, 0.25) is 0 Å². The van der Waals surface area contributed by atoms with E-state index in [9.17, 15) is 13.2 Å². The minimum absolute atomic E-state index is 0.0121. The van der Waals surface area contributed by atoms with E-state index in [0.717, 1.165) is 6.26 Å². The van der Waals surface area contributed by atoms with Crippen LogP contribution in [0.1, 0.15) is 22.6 Å². The van der Waals surface area contributed by atoms with Gasteiger partial charge in [-0.25, -0.2) is 22.9 Å². The molecule has 0 spiro atoms. The van der Waals surface area contributed by atoms with Crippen LogP contribution in [0.15, 0.2) is 18.2 Å². The number of sulfonamides is 1. The summed E-state index contributed by atoms with van der Waals surface area (Å²) in [6.45, 7) is 1.43. The van der Waals surface area contributed by atoms with Gasteiger partial charge < -0.3 is 10.4 Å². The summed E-state index contributed by atoms with van der Waals surface area (Å²) in [5.74, 6) is -1.06. The van der Waals surface area contributed by atoms with E-state index in [1.165, 1.54) is 6.07 Å². The third-order valence-electron chi connectivity index (χ3n) is 2.23. The van der Waals surface area contributed by atoms with Crippen LogP contribution < -0.4 is 10.0 Å². The lowest BCUT2D eigenvalue weighted by molar-refractivity contribution is 0.0690. The number of carbonyl (C=O) groups is 1. The lowest BCUT2D eigenvalue weighted by Crippen LogP contribution is -2.26. The molecule has 0 aliphatic heterocycles. The van der Waals surface area contributed by atoms with E-state index in [1.54, 1.807) is 12.1 Å². The van der Waals surface area contributed by atoms with Gasteiger partial charge in [0.15, 0.2) is 0 Å². The summed E-state index contributed by atoms with van der Waals surface area (Å²) < 4.78 is 24.0. The van der Waals surface area contributed by atoms with Crippen molar-refractivity contribution >= 4 is 16.0 Å². The van der Waals surface area contributed by atoms with E-state index in [-0.39, 0.29) is 5.69 Å². The topological polar surface area (TPSA) is 108 Å². The average Bonchev–Trinajstić information content (AvgIpc) is 2.32. The number of pyridine rings is 1. The highest BCUT2D eigenvalue weighted by molar-refractivity contribution is 7.88. The highest BCUT2D eigenvalue weighted by atomic mass is 32.2. The van der Waals surface area contributed by atoms with Gasteiger partial charge in [0.1, 0.15) is 5.69 Å². The van der Waals surface area contributed by atoms with Gasteiger partial charge in [-0.2, -0.15) is 0 Å². The molecule has 0 atom stereocenters. The molecule has 0 bridgehead atoms. The summed E-state index contributed by atoms with van der Waals surface area (Å²) >= 11 is 0. The van der Waals surface area contributed by atoms with E-state index in [0.29, 0.717) is 31.7 Å². The van der Waals surface area contributed by atoms with Crippen molar-refractivity contribution < 1.29 is 18.3 Å². The Hall–Kier alpha value is -1.51. The molecule has 0 saturated carbocycles. The van der Waals surface area contributed by atoms with Crippen molar-refractivity contribution in [1.82, 2.24) is 15.0 Å². The molecule has 0 radical (unpaired) electrons. The van der Waals surface area contributed by atoms with Crippen LogP contribution in [-0.2, 0) is 16.6 Å². The summed E-state index contributed by atoms with van der Waals surface area (Å²) in [5.41, 5.74) is 0.647. The number of carboxylic acid groups (broad SMARTS) is 1. The third kappa shape index (κ3) is 6.85. The number of hydrogen-bond donors (Lipinski definition) is 3. The van der Waals surface area contributed by atoms with Crippen molar-refractivity contribution in [3.05, 3.63) is 29.6 Å². The predicted molar refractivity (Wildman–Crippen MR) is 70.4 cm³/mol. The van der Waals surface area contributed by atoms with E-state index in [2.05, 4.69) is 15.0 Å². The molecule has 0 aromatic carbocycles. The zero-order valence-corrected chi connectivity index (χ0v) is 11.4. The number of hydrogen-bond acceptors (Lipinski definition) is 5. The zero-order valence-electron chi connectivity index (χ0n) is 10.6. The van der Waals surface area contributed by atoms with Gasteiger partial charge in [0.2, 0.25) is 10.0 Å². The Balaban J connectivity index is 2.26. The van der Waals surface area contributed by atoms with Gasteiger partial charge in [-0.15, -0.1) is 0 Å². The van der Waals surface area contributed by atoms with Gasteiger partial charge in [-0.05, 0) is 25.1 Å². The first-order valence-electron chi connectivity index (χ1n) is 5.73. The lowest BCUT2D eigenvalue weighted by atomic mass is 10.3. The van der Waals surface area contributed by atoms with Crippen molar-refractivity contribution in [1.29, 1.82) is 0 Å². The number of nitrogens with one attached hydrogen (secondary N) is 2. The van der Waals surface area contributed by atoms with Crippen molar-refractivity contribution in [3.8, 4) is 0 Å². The Bertz CT molecular complexity index is 530. The van der Waals surface area contributed by atoms with Crippen molar-refractivity contribution in [2.75, 3.05) is 19.3 Å². The normalized spacial score (nSPS) is 11.4. The average molecular weight is 287 g/mol. The third-order valence-corrected chi connectivity index (χ3v) is 2.96. The molecular weight excluding hydrogens is 270 g/mol. The van der Waals surface area contributed by atoms with Crippen LogP contribution in [0, 0.1) is 0 Å². The highest BCUT2D eigenvalue weighted by Gasteiger charge is 2.04. The first-order valence-corrected chi connectivity index (χ1v) is 7.62. The van der Waals surface area contributed by atoms with E-state index >= 15 is 0 Å². The number of aromatic nitrogens is 1. The Kier molecular flexibility index (Phi) is 5.87. The van der Waals surface area contributed by atoms with Crippen molar-refractivity contribution in [2.45, 2.75) is 13.0 Å². The molecule has 0 fully saturated rings. The Morgan fingerprint density at radius 3 is 2.74 bits per heavy atom. The van der Waals surface area contributed by atoms with E-state index in [1.807, 2.05) is 0 Å². The van der Waals surface area contributed by atoms with Gasteiger partial charge in [0, 0.05) is 13.1 Å². The predicted octanol–water partition coefficient (Wildman–Crippen LogP) is -0.191. The van der Waals surface area contributed by atoms with Gasteiger partial charge in [-0.3, -0.25) is 0 Å². The molecule has 3 N–H and O–H groups in total. The summed E-state index contributed by atoms with van der Waals surface area (Å²) in [6.07, 6.45) is 1.76. The van der Waals surface area contributed by atoms with E-state index < -0.39 is 16.0 Å². The maximum absolute atomic E-state index is 10.8. The fraction of sp³-hybridized carbons (Fsp3) is 0.455. The molecule has 1 aromatic heterocycles. The van der Waals surface area contributed by atoms with Gasteiger partial charge in [-0.1, -0.05) is 6.07 Å². The van der Waals surface area contributed by atoms with Crippen LogP contribution in [0.25, 0.3) is 0 Å². The van der Waals surface area contributed by atoms with E-state index in [4.69, 9.17) is 5.11 Å². The minimum atomic E-state index is -3.13. The largest absolute Gasteiger partial charge is 0.477 e. The quantitative estimate of drug-likeness (QED) is 0.572. The Labute approximate surface area is 112 Å². The molecular formula is C11H17N3O4S. The van der Waals surface area contributed by atoms with Crippen LogP contribution in [0.4, 0.5) is 0 Å². The molecule has 1 heterocycles. The number of rotatable bonds is 8. The summed E-state index contributed by atoms with van der Waals surface area (Å²) in [7, 11) is -3.13. The van der Waals surface area contributed by atoms with Crippen LogP contribution in [0.5, 0.6) is 0 Å². The fourth-order valence-electron chi connectivity index (χ4n) is 1.38. The summed E-state index contributed by atoms with van der Waals surface area (Å²) in [5, 5.41) is 11.8. The summed E-state index contributed by atoms with van der Waals surface area (Å²) in [6, 6.07) is 4.80. The molecule has 0 aliphatic carbocycles. The highest BCUT2D eigenvalue weighted by Crippen LogP contribution is 1.99. The molecule has 0 amide bonds. The van der Waals surface area contributed by atoms with Crippen LogP contribution >= 0.6 is 0 Å².